The second-order valence-electron chi connectivity index (χ2n) is 1.32. The van der Waals surface area contributed by atoms with E-state index in [0.717, 1.165) is 3.70 Å². The number of allylic oxidation sites excluding steroid dienone is 2. The quantitative estimate of drug-likeness (QED) is 0.448. The van der Waals surface area contributed by atoms with Crippen molar-refractivity contribution in [1.29, 1.82) is 0 Å². The van der Waals surface area contributed by atoms with Crippen LogP contribution >= 0.6 is 34.2 Å². The lowest BCUT2D eigenvalue weighted by atomic mass is 10.6. The molecule has 0 aromatic rings. The third-order valence-corrected chi connectivity index (χ3v) is 1.65. The standard InChI is InChI=1S/C5H8ClIN2/c1-9-5(7)3-2-4(6)8/h2-3,9H,8H2,1H3/b4-2-,5-3-. The zero-order valence-electron chi connectivity index (χ0n) is 4.99. The number of hydrogen-bond donors (Lipinski definition) is 2. The molecule has 3 N–H and O–H groups in total. The van der Waals surface area contributed by atoms with Gasteiger partial charge in [0.25, 0.3) is 0 Å². The topological polar surface area (TPSA) is 38.0 Å². The van der Waals surface area contributed by atoms with Gasteiger partial charge < -0.3 is 11.1 Å². The lowest BCUT2D eigenvalue weighted by Gasteiger charge is -1.91. The molecule has 52 valence electrons. The number of hydrogen-bond acceptors (Lipinski definition) is 2. The number of halogens is 2. The van der Waals surface area contributed by atoms with Crippen molar-refractivity contribution in [2.24, 2.45) is 5.73 Å². The molecule has 0 atom stereocenters. The SMILES string of the molecule is CN/C(I)=C\C=C(/N)Cl. The third-order valence-electron chi connectivity index (χ3n) is 0.628. The first-order chi connectivity index (χ1) is 4.16. The van der Waals surface area contributed by atoms with Crippen molar-refractivity contribution in [2.75, 3.05) is 7.05 Å². The molecular weight excluding hydrogens is 250 g/mol. The molecule has 0 aromatic carbocycles. The first-order valence-corrected chi connectivity index (χ1v) is 3.78. The Hall–Kier alpha value is 0.1000. The van der Waals surface area contributed by atoms with Crippen LogP contribution in [0.3, 0.4) is 0 Å². The van der Waals surface area contributed by atoms with Gasteiger partial charge in [-0.2, -0.15) is 0 Å². The van der Waals surface area contributed by atoms with E-state index in [1.807, 2.05) is 7.05 Å². The van der Waals surface area contributed by atoms with Gasteiger partial charge in [0.1, 0.15) is 0 Å². The number of nitrogens with two attached hydrogens (primary N) is 1. The zero-order valence-corrected chi connectivity index (χ0v) is 7.90. The molecule has 0 fully saturated rings. The molecule has 0 saturated heterocycles. The molecule has 0 aliphatic heterocycles. The lowest BCUT2D eigenvalue weighted by Crippen LogP contribution is -1.97. The minimum atomic E-state index is 0.291. The molecule has 0 aromatic heterocycles. The van der Waals surface area contributed by atoms with E-state index in [0.29, 0.717) is 5.16 Å². The maximum Gasteiger partial charge on any atom is 0.0992 e. The van der Waals surface area contributed by atoms with Crippen molar-refractivity contribution in [3.05, 3.63) is 21.0 Å². The normalized spacial score (nSPS) is 13.7. The number of nitrogens with one attached hydrogen (secondary N) is 1. The van der Waals surface area contributed by atoms with Gasteiger partial charge >= 0.3 is 0 Å². The smallest absolute Gasteiger partial charge is 0.0992 e. The van der Waals surface area contributed by atoms with Crippen LogP contribution in [-0.2, 0) is 0 Å². The molecule has 0 aliphatic rings. The Morgan fingerprint density at radius 3 is 2.56 bits per heavy atom. The van der Waals surface area contributed by atoms with Gasteiger partial charge in [-0.25, -0.2) is 0 Å². The average molecular weight is 258 g/mol. The van der Waals surface area contributed by atoms with E-state index >= 15 is 0 Å². The van der Waals surface area contributed by atoms with Crippen LogP contribution in [0.4, 0.5) is 0 Å². The first-order valence-electron chi connectivity index (χ1n) is 2.33. The predicted octanol–water partition coefficient (Wildman–Crippen LogP) is 1.52. The summed E-state index contributed by atoms with van der Waals surface area (Å²) in [6.45, 7) is 0. The molecule has 0 bridgehead atoms. The second-order valence-corrected chi connectivity index (χ2v) is 2.91. The Kier molecular flexibility index (Phi) is 4.99. The summed E-state index contributed by atoms with van der Waals surface area (Å²) in [7, 11) is 1.83. The first kappa shape index (κ1) is 9.10. The summed E-state index contributed by atoms with van der Waals surface area (Å²) in [5.74, 6) is 0. The van der Waals surface area contributed by atoms with Gasteiger partial charge in [-0.3, -0.25) is 0 Å². The zero-order chi connectivity index (χ0) is 7.28. The minimum absolute atomic E-state index is 0.291. The summed E-state index contributed by atoms with van der Waals surface area (Å²) in [5, 5.41) is 3.20. The molecule has 9 heavy (non-hydrogen) atoms. The van der Waals surface area contributed by atoms with Crippen LogP contribution in [0.25, 0.3) is 0 Å². The van der Waals surface area contributed by atoms with Crippen molar-refractivity contribution in [1.82, 2.24) is 5.32 Å². The molecule has 2 nitrogen and oxygen atoms in total. The van der Waals surface area contributed by atoms with Gasteiger partial charge in [0, 0.05) is 7.05 Å². The summed E-state index contributed by atoms with van der Waals surface area (Å²) in [4.78, 5) is 0. The molecule has 0 unspecified atom stereocenters. The summed E-state index contributed by atoms with van der Waals surface area (Å²) in [6, 6.07) is 0. The van der Waals surface area contributed by atoms with Crippen LogP contribution in [0.2, 0.25) is 0 Å². The molecular formula is C5H8ClIN2. The molecule has 0 radical (unpaired) electrons. The van der Waals surface area contributed by atoms with Gasteiger partial charge in [-0.1, -0.05) is 11.6 Å². The molecule has 0 saturated carbocycles. The van der Waals surface area contributed by atoms with Gasteiger partial charge in [0.15, 0.2) is 0 Å². The van der Waals surface area contributed by atoms with Gasteiger partial charge in [0.2, 0.25) is 0 Å². The molecule has 4 heteroatoms. The van der Waals surface area contributed by atoms with Gasteiger partial charge in [-0.15, -0.1) is 0 Å². The fraction of sp³-hybridized carbons (Fsp3) is 0.200. The van der Waals surface area contributed by atoms with Crippen LogP contribution in [0.1, 0.15) is 0 Å². The molecule has 0 aliphatic carbocycles. The maximum absolute atomic E-state index is 5.34. The van der Waals surface area contributed by atoms with Crippen LogP contribution < -0.4 is 11.1 Å². The maximum atomic E-state index is 5.34. The van der Waals surface area contributed by atoms with Crippen molar-refractivity contribution in [3.8, 4) is 0 Å². The Morgan fingerprint density at radius 2 is 2.22 bits per heavy atom. The molecule has 0 rings (SSSR count). The monoisotopic (exact) mass is 258 g/mol. The Labute approximate surface area is 73.3 Å². The van der Waals surface area contributed by atoms with E-state index in [1.165, 1.54) is 0 Å². The Bertz CT molecular complexity index is 138. The highest BCUT2D eigenvalue weighted by Gasteiger charge is 1.80. The highest BCUT2D eigenvalue weighted by Crippen LogP contribution is 2.00. The largest absolute Gasteiger partial charge is 0.389 e. The highest BCUT2D eigenvalue weighted by atomic mass is 127. The van der Waals surface area contributed by atoms with Gasteiger partial charge in [0.05, 0.1) is 8.86 Å². The van der Waals surface area contributed by atoms with Crippen molar-refractivity contribution < 1.29 is 0 Å². The predicted molar refractivity (Wildman–Crippen MR) is 49.3 cm³/mol. The van der Waals surface area contributed by atoms with E-state index in [-0.39, 0.29) is 0 Å². The second kappa shape index (κ2) is 4.93. The lowest BCUT2D eigenvalue weighted by molar-refractivity contribution is 1.09. The van der Waals surface area contributed by atoms with E-state index < -0.39 is 0 Å². The van der Waals surface area contributed by atoms with E-state index in [9.17, 15) is 0 Å². The van der Waals surface area contributed by atoms with Crippen LogP contribution in [0, 0.1) is 0 Å². The third kappa shape index (κ3) is 5.98. The summed E-state index contributed by atoms with van der Waals surface area (Å²) in [6.07, 6.45) is 3.42. The summed E-state index contributed by atoms with van der Waals surface area (Å²) >= 11 is 7.47. The van der Waals surface area contributed by atoms with Crippen molar-refractivity contribution >= 4 is 34.2 Å². The van der Waals surface area contributed by atoms with E-state index in [4.69, 9.17) is 17.3 Å². The van der Waals surface area contributed by atoms with E-state index in [2.05, 4.69) is 27.9 Å². The molecule has 0 spiro atoms. The van der Waals surface area contributed by atoms with Crippen LogP contribution in [0.15, 0.2) is 21.0 Å². The number of rotatable bonds is 2. The van der Waals surface area contributed by atoms with E-state index in [1.54, 1.807) is 12.2 Å². The van der Waals surface area contributed by atoms with Crippen molar-refractivity contribution in [3.63, 3.8) is 0 Å². The van der Waals surface area contributed by atoms with Crippen LogP contribution in [0.5, 0.6) is 0 Å². The van der Waals surface area contributed by atoms with Gasteiger partial charge in [-0.05, 0) is 34.7 Å². The Balaban J connectivity index is 3.83. The molecule has 0 heterocycles. The molecule has 0 amide bonds. The Morgan fingerprint density at radius 1 is 1.67 bits per heavy atom. The minimum Gasteiger partial charge on any atom is -0.389 e. The van der Waals surface area contributed by atoms with Crippen molar-refractivity contribution in [2.45, 2.75) is 0 Å². The average Bonchev–Trinajstić information content (AvgIpc) is 1.83. The highest BCUT2D eigenvalue weighted by molar-refractivity contribution is 14.1. The summed E-state index contributed by atoms with van der Waals surface area (Å²) in [5.41, 5.74) is 5.15. The van der Waals surface area contributed by atoms with Crippen LogP contribution in [-0.4, -0.2) is 7.05 Å². The fourth-order valence-corrected chi connectivity index (χ4v) is 0.479. The fourth-order valence-electron chi connectivity index (χ4n) is 0.236. The summed E-state index contributed by atoms with van der Waals surface area (Å²) < 4.78 is 0.996.